The Hall–Kier alpha value is -1.62. The molecule has 5 nitrogen and oxygen atoms in total. The molecule has 0 aliphatic carbocycles. The van der Waals surface area contributed by atoms with E-state index in [9.17, 15) is 9.59 Å². The minimum atomic E-state index is 0.0135. The molecule has 1 saturated heterocycles. The number of hydrogen-bond donors (Lipinski definition) is 2. The van der Waals surface area contributed by atoms with Gasteiger partial charge in [0.2, 0.25) is 0 Å². The lowest BCUT2D eigenvalue weighted by molar-refractivity contribution is 0.0672. The van der Waals surface area contributed by atoms with E-state index in [0.717, 1.165) is 17.5 Å². The summed E-state index contributed by atoms with van der Waals surface area (Å²) in [5.74, 6) is 0.0135. The number of aromatic nitrogens is 1. The van der Waals surface area contributed by atoms with Crippen molar-refractivity contribution < 1.29 is 9.59 Å². The summed E-state index contributed by atoms with van der Waals surface area (Å²) in [5.41, 5.74) is 2.65. The number of aryl methyl sites for hydroxylation is 1. The quantitative estimate of drug-likeness (QED) is 0.790. The van der Waals surface area contributed by atoms with Crippen LogP contribution in [0.4, 0.5) is 0 Å². The van der Waals surface area contributed by atoms with Crippen LogP contribution in [-0.4, -0.2) is 47.3 Å². The summed E-state index contributed by atoms with van der Waals surface area (Å²) in [4.78, 5) is 28.4. The van der Waals surface area contributed by atoms with Crippen LogP contribution >= 0.6 is 0 Å². The van der Waals surface area contributed by atoms with Gasteiger partial charge in [0.05, 0.1) is 11.3 Å². The number of carbonyl (C=O) groups is 2. The number of piperazine rings is 1. The highest BCUT2D eigenvalue weighted by Gasteiger charge is 2.28. The first kappa shape index (κ1) is 13.8. The molecule has 1 aliphatic heterocycles. The fourth-order valence-corrected chi connectivity index (χ4v) is 2.86. The van der Waals surface area contributed by atoms with Crippen LogP contribution in [0.5, 0.6) is 0 Å². The molecule has 1 amide bonds. The van der Waals surface area contributed by atoms with Gasteiger partial charge in [-0.05, 0) is 33.3 Å². The summed E-state index contributed by atoms with van der Waals surface area (Å²) in [6.07, 6.45) is 0.766. The van der Waals surface area contributed by atoms with Gasteiger partial charge in [0.25, 0.3) is 5.91 Å². The molecule has 2 N–H and O–H groups in total. The zero-order valence-corrected chi connectivity index (χ0v) is 11.9. The van der Waals surface area contributed by atoms with Crippen molar-refractivity contribution in [3.8, 4) is 0 Å². The number of aldehydes is 1. The molecule has 1 aromatic heterocycles. The Balaban J connectivity index is 2.29. The molecule has 2 rings (SSSR count). The van der Waals surface area contributed by atoms with Crippen molar-refractivity contribution in [2.24, 2.45) is 0 Å². The van der Waals surface area contributed by atoms with Crippen LogP contribution in [0.2, 0.25) is 0 Å². The third-order valence-corrected chi connectivity index (χ3v) is 3.65. The van der Waals surface area contributed by atoms with Crippen molar-refractivity contribution in [1.29, 1.82) is 0 Å². The topological polar surface area (TPSA) is 65.2 Å². The first-order valence-corrected chi connectivity index (χ1v) is 6.63. The normalized spacial score (nSPS) is 23.5. The third-order valence-electron chi connectivity index (χ3n) is 3.65. The number of aromatic amines is 1. The predicted molar refractivity (Wildman–Crippen MR) is 73.6 cm³/mol. The first-order valence-electron chi connectivity index (χ1n) is 6.63. The third kappa shape index (κ3) is 2.56. The van der Waals surface area contributed by atoms with Gasteiger partial charge < -0.3 is 15.2 Å². The number of hydrogen-bond acceptors (Lipinski definition) is 3. The zero-order valence-electron chi connectivity index (χ0n) is 11.9. The lowest BCUT2D eigenvalue weighted by atomic mass is 10.1. The van der Waals surface area contributed by atoms with Crippen LogP contribution in [0.25, 0.3) is 0 Å². The Labute approximate surface area is 113 Å². The molecule has 1 aliphatic rings. The zero-order chi connectivity index (χ0) is 14.2. The van der Waals surface area contributed by atoms with Crippen LogP contribution in [0.3, 0.4) is 0 Å². The lowest BCUT2D eigenvalue weighted by Gasteiger charge is -2.36. The van der Waals surface area contributed by atoms with E-state index >= 15 is 0 Å². The molecule has 5 heteroatoms. The Kier molecular flexibility index (Phi) is 3.75. The Morgan fingerprint density at radius 3 is 2.32 bits per heavy atom. The monoisotopic (exact) mass is 263 g/mol. The van der Waals surface area contributed by atoms with Crippen molar-refractivity contribution in [3.05, 3.63) is 22.5 Å². The molecule has 104 valence electrons. The number of nitrogens with zero attached hydrogens (tertiary/aromatic N) is 1. The summed E-state index contributed by atoms with van der Waals surface area (Å²) in [6, 6.07) is 0.579. The summed E-state index contributed by atoms with van der Waals surface area (Å²) in [7, 11) is 0. The van der Waals surface area contributed by atoms with E-state index < -0.39 is 0 Å². The van der Waals surface area contributed by atoms with E-state index in [1.807, 2.05) is 18.7 Å². The van der Waals surface area contributed by atoms with Gasteiger partial charge in [-0.2, -0.15) is 0 Å². The molecule has 0 unspecified atom stereocenters. The van der Waals surface area contributed by atoms with Crippen molar-refractivity contribution in [3.63, 3.8) is 0 Å². The van der Waals surface area contributed by atoms with Gasteiger partial charge in [-0.25, -0.2) is 0 Å². The maximum Gasteiger partial charge on any atom is 0.256 e. The van der Waals surface area contributed by atoms with E-state index in [1.165, 1.54) is 0 Å². The smallest absolute Gasteiger partial charge is 0.256 e. The van der Waals surface area contributed by atoms with Crippen molar-refractivity contribution in [2.75, 3.05) is 13.1 Å². The molecule has 0 bridgehead atoms. The van der Waals surface area contributed by atoms with Gasteiger partial charge in [-0.3, -0.25) is 9.59 Å². The van der Waals surface area contributed by atoms with E-state index in [4.69, 9.17) is 0 Å². The molecular formula is C14H21N3O2. The lowest BCUT2D eigenvalue weighted by Crippen LogP contribution is -2.55. The molecular weight excluding hydrogens is 242 g/mol. The van der Waals surface area contributed by atoms with Crippen LogP contribution in [0.1, 0.15) is 46.0 Å². The van der Waals surface area contributed by atoms with E-state index in [0.29, 0.717) is 24.3 Å². The van der Waals surface area contributed by atoms with E-state index in [1.54, 1.807) is 0 Å². The molecule has 0 spiro atoms. The fourth-order valence-electron chi connectivity index (χ4n) is 2.86. The van der Waals surface area contributed by atoms with Crippen LogP contribution < -0.4 is 5.32 Å². The summed E-state index contributed by atoms with van der Waals surface area (Å²) < 4.78 is 0. The molecule has 2 atom stereocenters. The number of nitrogens with one attached hydrogen (secondary N) is 2. The minimum absolute atomic E-state index is 0.0135. The maximum absolute atomic E-state index is 12.6. The summed E-state index contributed by atoms with van der Waals surface area (Å²) in [6.45, 7) is 9.19. The Morgan fingerprint density at radius 2 is 1.84 bits per heavy atom. The minimum Gasteiger partial charge on any atom is -0.356 e. The molecule has 0 aromatic carbocycles. The van der Waals surface area contributed by atoms with Crippen molar-refractivity contribution in [1.82, 2.24) is 15.2 Å². The largest absolute Gasteiger partial charge is 0.356 e. The first-order chi connectivity index (χ1) is 8.93. The highest BCUT2D eigenvalue weighted by atomic mass is 16.2. The second-order valence-electron chi connectivity index (χ2n) is 5.46. The average molecular weight is 263 g/mol. The molecule has 19 heavy (non-hydrogen) atoms. The van der Waals surface area contributed by atoms with Crippen molar-refractivity contribution in [2.45, 2.75) is 39.8 Å². The Bertz CT molecular complexity index is 497. The van der Waals surface area contributed by atoms with Gasteiger partial charge in [0.1, 0.15) is 0 Å². The SMILES string of the molecule is Cc1[nH]c(C=O)c(C)c1C(=O)N1C[C@@H](C)N[C@@H](C)C1. The van der Waals surface area contributed by atoms with Gasteiger partial charge in [0, 0.05) is 30.9 Å². The van der Waals surface area contributed by atoms with Crippen molar-refractivity contribution >= 4 is 12.2 Å². The fraction of sp³-hybridized carbons (Fsp3) is 0.571. The van der Waals surface area contributed by atoms with Gasteiger partial charge in [-0.15, -0.1) is 0 Å². The van der Waals surface area contributed by atoms with Crippen LogP contribution in [-0.2, 0) is 0 Å². The van der Waals surface area contributed by atoms with Gasteiger partial charge in [-0.1, -0.05) is 0 Å². The summed E-state index contributed by atoms with van der Waals surface area (Å²) >= 11 is 0. The molecule has 2 heterocycles. The highest BCUT2D eigenvalue weighted by Crippen LogP contribution is 2.20. The molecule has 0 saturated carbocycles. The van der Waals surface area contributed by atoms with E-state index in [2.05, 4.69) is 24.1 Å². The Morgan fingerprint density at radius 1 is 1.26 bits per heavy atom. The number of carbonyl (C=O) groups excluding carboxylic acids is 2. The number of amides is 1. The molecule has 1 fully saturated rings. The second-order valence-corrected chi connectivity index (χ2v) is 5.46. The number of rotatable bonds is 2. The van der Waals surface area contributed by atoms with E-state index in [-0.39, 0.29) is 18.0 Å². The molecule has 0 radical (unpaired) electrons. The van der Waals surface area contributed by atoms with Gasteiger partial charge >= 0.3 is 0 Å². The number of H-pyrrole nitrogens is 1. The summed E-state index contributed by atoms with van der Waals surface area (Å²) in [5, 5.41) is 3.40. The second kappa shape index (κ2) is 5.17. The van der Waals surface area contributed by atoms with Crippen LogP contribution in [0, 0.1) is 13.8 Å². The maximum atomic E-state index is 12.6. The average Bonchev–Trinajstić information content (AvgIpc) is 2.62. The predicted octanol–water partition coefficient (Wildman–Crippen LogP) is 1.27. The molecule has 1 aromatic rings. The standard InChI is InChI=1S/C14H21N3O2/c1-8-5-17(6-9(2)15-8)14(19)13-10(3)12(7-18)16-11(13)4/h7-9,15-16H,5-6H2,1-4H3/t8-,9+. The van der Waals surface area contributed by atoms with Crippen LogP contribution in [0.15, 0.2) is 0 Å². The highest BCUT2D eigenvalue weighted by molar-refractivity contribution is 5.99. The van der Waals surface area contributed by atoms with Gasteiger partial charge in [0.15, 0.2) is 6.29 Å².